The largest absolute Gasteiger partial charge is 0.508 e. The van der Waals surface area contributed by atoms with Crippen LogP contribution in [-0.2, 0) is 15.9 Å². The van der Waals surface area contributed by atoms with Gasteiger partial charge in [0.25, 0.3) is 0 Å². The number of piperidine rings is 1. The fourth-order valence-corrected chi connectivity index (χ4v) is 9.15. The van der Waals surface area contributed by atoms with Crippen molar-refractivity contribution in [2.75, 3.05) is 64.6 Å². The number of β-amino-alcohol motifs (C(OH)–C–C–N with tert-alkyl or cyclic N) is 1. The molecule has 2 aromatic carbocycles. The summed E-state index contributed by atoms with van der Waals surface area (Å²) in [4.78, 5) is 32.1. The highest BCUT2D eigenvalue weighted by Crippen LogP contribution is 2.48. The second kappa shape index (κ2) is 13.8. The Labute approximate surface area is 306 Å². The molecule has 3 aliphatic heterocycles. The van der Waals surface area contributed by atoms with Crippen LogP contribution < -0.4 is 9.64 Å². The van der Waals surface area contributed by atoms with E-state index in [9.17, 15) is 15.0 Å². The molecular formula is C39H46F2N6O6. The molecule has 3 saturated heterocycles. The van der Waals surface area contributed by atoms with E-state index in [0.717, 1.165) is 45.2 Å². The van der Waals surface area contributed by atoms with Crippen LogP contribution in [0.3, 0.4) is 0 Å². The second-order valence-electron chi connectivity index (χ2n) is 15.5. The predicted octanol–water partition coefficient (Wildman–Crippen LogP) is 5.44. The van der Waals surface area contributed by atoms with Gasteiger partial charge in [0.1, 0.15) is 40.8 Å². The van der Waals surface area contributed by atoms with Gasteiger partial charge in [0.05, 0.1) is 37.8 Å². The number of rotatable bonds is 8. The highest BCUT2D eigenvalue weighted by Gasteiger charge is 2.49. The molecule has 14 heteroatoms. The SMILES string of the molecule is CCc1c(F)ccc2cc(O)cc(-c3ncc4c(N5CCOCC(C)(O)C5)nc(OCC56CCCC5N(CC5COC(=O)N5C)CCC6)nc4c3F)c12. The molecule has 1 saturated carbocycles. The summed E-state index contributed by atoms with van der Waals surface area (Å²) in [6.07, 6.45) is 6.47. The van der Waals surface area contributed by atoms with Gasteiger partial charge in [-0.15, -0.1) is 0 Å². The second-order valence-corrected chi connectivity index (χ2v) is 15.5. The number of nitrogens with zero attached hydrogens (tertiary/aromatic N) is 6. The monoisotopic (exact) mass is 732 g/mol. The molecule has 8 rings (SSSR count). The number of hydrogen-bond donors (Lipinski definition) is 2. The number of aryl methyl sites for hydroxylation is 1. The summed E-state index contributed by atoms with van der Waals surface area (Å²) in [5.41, 5.74) is -0.861. The van der Waals surface area contributed by atoms with Crippen LogP contribution in [0.1, 0.15) is 51.5 Å². The highest BCUT2D eigenvalue weighted by atomic mass is 19.1. The quantitative estimate of drug-likeness (QED) is 0.240. The van der Waals surface area contributed by atoms with Crippen LogP contribution in [0.2, 0.25) is 0 Å². The molecular weight excluding hydrogens is 686 g/mol. The van der Waals surface area contributed by atoms with E-state index in [2.05, 4.69) is 14.9 Å². The minimum absolute atomic E-state index is 0.00101. The van der Waals surface area contributed by atoms with Gasteiger partial charge in [0.15, 0.2) is 5.82 Å². The first-order valence-electron chi connectivity index (χ1n) is 18.6. The smallest absolute Gasteiger partial charge is 0.409 e. The van der Waals surface area contributed by atoms with Gasteiger partial charge in [-0.3, -0.25) is 9.88 Å². The van der Waals surface area contributed by atoms with Crippen molar-refractivity contribution in [2.24, 2.45) is 5.41 Å². The number of aromatic nitrogens is 3. The van der Waals surface area contributed by atoms with Crippen LogP contribution in [0, 0.1) is 17.0 Å². The number of halogens is 2. The number of aliphatic hydroxyl groups is 1. The van der Waals surface area contributed by atoms with Crippen molar-refractivity contribution in [1.29, 1.82) is 0 Å². The van der Waals surface area contributed by atoms with Gasteiger partial charge in [-0.05, 0) is 80.1 Å². The lowest BCUT2D eigenvalue weighted by Crippen LogP contribution is -2.55. The van der Waals surface area contributed by atoms with Crippen molar-refractivity contribution >= 4 is 33.6 Å². The fraction of sp³-hybridized carbons (Fsp3) is 0.538. The highest BCUT2D eigenvalue weighted by molar-refractivity contribution is 6.01. The van der Waals surface area contributed by atoms with Crippen LogP contribution in [0.25, 0.3) is 32.9 Å². The van der Waals surface area contributed by atoms with E-state index in [1.165, 1.54) is 24.4 Å². The van der Waals surface area contributed by atoms with Gasteiger partial charge in [-0.2, -0.15) is 9.97 Å². The molecule has 1 amide bonds. The topological polar surface area (TPSA) is 134 Å². The summed E-state index contributed by atoms with van der Waals surface area (Å²) in [6.45, 7) is 6.84. The van der Waals surface area contributed by atoms with Gasteiger partial charge in [-0.25, -0.2) is 13.6 Å². The van der Waals surface area contributed by atoms with Crippen molar-refractivity contribution < 1.29 is 38.0 Å². The molecule has 282 valence electrons. The Kier molecular flexibility index (Phi) is 9.26. The van der Waals surface area contributed by atoms with Crippen molar-refractivity contribution in [1.82, 2.24) is 24.8 Å². The maximum absolute atomic E-state index is 17.1. The maximum atomic E-state index is 17.1. The summed E-state index contributed by atoms with van der Waals surface area (Å²) < 4.78 is 49.7. The molecule has 2 aromatic heterocycles. The Bertz CT molecular complexity index is 2070. The summed E-state index contributed by atoms with van der Waals surface area (Å²) in [5.74, 6) is -0.932. The van der Waals surface area contributed by atoms with E-state index in [1.807, 2.05) is 11.8 Å². The first-order chi connectivity index (χ1) is 25.5. The Morgan fingerprint density at radius 1 is 1.13 bits per heavy atom. The lowest BCUT2D eigenvalue weighted by molar-refractivity contribution is -0.0123. The van der Waals surface area contributed by atoms with E-state index in [-0.39, 0.29) is 65.3 Å². The number of fused-ring (bicyclic) bond motifs is 3. The predicted molar refractivity (Wildman–Crippen MR) is 194 cm³/mol. The van der Waals surface area contributed by atoms with E-state index >= 15 is 8.78 Å². The third-order valence-electron chi connectivity index (χ3n) is 11.7. The van der Waals surface area contributed by atoms with Crippen LogP contribution in [0.15, 0.2) is 30.5 Å². The number of cyclic esters (lactones) is 1. The van der Waals surface area contributed by atoms with Gasteiger partial charge in [0, 0.05) is 43.4 Å². The lowest BCUT2D eigenvalue weighted by Gasteiger charge is -2.47. The lowest BCUT2D eigenvalue weighted by atomic mass is 9.75. The number of likely N-dealkylation sites (tertiary alicyclic amines) is 1. The molecule has 4 fully saturated rings. The van der Waals surface area contributed by atoms with E-state index < -0.39 is 17.2 Å². The number of carbonyl (C=O) groups excluding carboxylic acids is 1. The van der Waals surface area contributed by atoms with Crippen LogP contribution >= 0.6 is 0 Å². The zero-order valence-corrected chi connectivity index (χ0v) is 30.4. The molecule has 0 spiro atoms. The first kappa shape index (κ1) is 35.6. The van der Waals surface area contributed by atoms with Crippen molar-refractivity contribution in [3.63, 3.8) is 0 Å². The minimum atomic E-state index is -1.20. The normalized spacial score (nSPS) is 26.6. The number of carbonyl (C=O) groups is 1. The van der Waals surface area contributed by atoms with E-state index in [1.54, 1.807) is 24.9 Å². The molecule has 4 unspecified atom stereocenters. The van der Waals surface area contributed by atoms with Crippen LogP contribution in [-0.4, -0.2) is 118 Å². The van der Waals surface area contributed by atoms with Gasteiger partial charge in [-0.1, -0.05) is 19.4 Å². The van der Waals surface area contributed by atoms with Gasteiger partial charge >= 0.3 is 12.1 Å². The molecule has 2 N–H and O–H groups in total. The molecule has 53 heavy (non-hydrogen) atoms. The minimum Gasteiger partial charge on any atom is -0.508 e. The Balaban J connectivity index is 1.20. The molecule has 4 aromatic rings. The number of ether oxygens (including phenoxy) is 3. The molecule has 5 heterocycles. The average molecular weight is 733 g/mol. The van der Waals surface area contributed by atoms with Crippen molar-refractivity contribution in [2.45, 2.75) is 70.1 Å². The van der Waals surface area contributed by atoms with Crippen molar-refractivity contribution in [3.8, 4) is 23.0 Å². The first-order valence-corrected chi connectivity index (χ1v) is 18.6. The maximum Gasteiger partial charge on any atom is 0.409 e. The zero-order chi connectivity index (χ0) is 37.1. The number of anilines is 1. The van der Waals surface area contributed by atoms with E-state index in [4.69, 9.17) is 19.2 Å². The number of hydrogen-bond acceptors (Lipinski definition) is 11. The third kappa shape index (κ3) is 6.48. The fourth-order valence-electron chi connectivity index (χ4n) is 9.15. The molecule has 4 aliphatic rings. The number of aromatic hydroxyl groups is 1. The Morgan fingerprint density at radius 2 is 1.96 bits per heavy atom. The average Bonchev–Trinajstić information content (AvgIpc) is 3.65. The number of likely N-dealkylation sites (N-methyl/N-ethyl adjacent to an activating group) is 1. The van der Waals surface area contributed by atoms with Crippen LogP contribution in [0.5, 0.6) is 11.8 Å². The molecule has 0 radical (unpaired) electrons. The third-order valence-corrected chi connectivity index (χ3v) is 11.7. The summed E-state index contributed by atoms with van der Waals surface area (Å²) in [5, 5.41) is 23.1. The number of phenolic OH excluding ortho intramolecular Hbond substituents is 1. The molecule has 1 aliphatic carbocycles. The summed E-state index contributed by atoms with van der Waals surface area (Å²) in [6, 6.07) is 6.06. The number of phenols is 1. The van der Waals surface area contributed by atoms with Gasteiger partial charge in [0.2, 0.25) is 0 Å². The number of pyridine rings is 1. The Morgan fingerprint density at radius 3 is 2.75 bits per heavy atom. The molecule has 0 bridgehead atoms. The van der Waals surface area contributed by atoms with Crippen molar-refractivity contribution in [3.05, 3.63) is 47.7 Å². The Hall–Kier alpha value is -4.40. The van der Waals surface area contributed by atoms with Crippen LogP contribution in [0.4, 0.5) is 19.4 Å². The van der Waals surface area contributed by atoms with Gasteiger partial charge < -0.3 is 34.2 Å². The standard InChI is InChI=1S/C39H46F2N6O6/c1-4-26-29(40)9-8-23-15-25(48)16-27(31(23)26)33-32(41)34-28(17-42-33)35(47-13-14-51-21-38(2,50)20-47)44-36(43-34)53-22-39-10-5-7-30(39)46(12-6-11-39)18-24-19-52-37(49)45(24)3/h8-9,15-17,24,30,48,50H,4-7,10-14,18-22H2,1-3H3. The number of benzene rings is 2. The number of amides is 1. The zero-order valence-electron chi connectivity index (χ0n) is 30.4. The molecule has 4 atom stereocenters. The summed E-state index contributed by atoms with van der Waals surface area (Å²) in [7, 11) is 1.78. The summed E-state index contributed by atoms with van der Waals surface area (Å²) >= 11 is 0. The molecule has 12 nitrogen and oxygen atoms in total. The van der Waals surface area contributed by atoms with E-state index in [0.29, 0.717) is 60.3 Å².